The number of benzene rings is 2. The summed E-state index contributed by atoms with van der Waals surface area (Å²) < 4.78 is 0.723. The largest absolute Gasteiger partial charge is 0.272 e. The van der Waals surface area contributed by atoms with Gasteiger partial charge in [-0.1, -0.05) is 42.5 Å². The van der Waals surface area contributed by atoms with Crippen LogP contribution in [0.3, 0.4) is 0 Å². The van der Waals surface area contributed by atoms with Crippen molar-refractivity contribution < 1.29 is 4.79 Å². The molecule has 3 aromatic rings. The molecule has 0 bridgehead atoms. The van der Waals surface area contributed by atoms with Crippen LogP contribution in [0.15, 0.2) is 88.7 Å². The van der Waals surface area contributed by atoms with E-state index in [1.54, 1.807) is 18.5 Å². The van der Waals surface area contributed by atoms with Crippen LogP contribution in [0.2, 0.25) is 0 Å². The third-order valence-electron chi connectivity index (χ3n) is 3.37. The lowest BCUT2D eigenvalue weighted by Gasteiger charge is -2.08. The van der Waals surface area contributed by atoms with Crippen LogP contribution in [0.4, 0.5) is 0 Å². The SMILES string of the molecule is O=C(NN=C(c1ccccc1)c1cccnc1)c1ccccc1Br. The molecule has 0 aliphatic carbocycles. The van der Waals surface area contributed by atoms with E-state index in [2.05, 4.69) is 31.4 Å². The topological polar surface area (TPSA) is 54.4 Å². The van der Waals surface area contributed by atoms with E-state index in [1.807, 2.05) is 60.7 Å². The quantitative estimate of drug-likeness (QED) is 0.549. The third-order valence-corrected chi connectivity index (χ3v) is 4.06. The number of aromatic nitrogens is 1. The van der Waals surface area contributed by atoms with Gasteiger partial charge >= 0.3 is 0 Å². The highest BCUT2D eigenvalue weighted by Crippen LogP contribution is 2.16. The molecular formula is C19H14BrN3O. The van der Waals surface area contributed by atoms with Gasteiger partial charge in [0.25, 0.3) is 5.91 Å². The smallest absolute Gasteiger partial charge is 0.267 e. The van der Waals surface area contributed by atoms with Crippen LogP contribution < -0.4 is 5.43 Å². The number of amides is 1. The second-order valence-corrected chi connectivity index (χ2v) is 5.84. The van der Waals surface area contributed by atoms with E-state index in [9.17, 15) is 4.79 Å². The van der Waals surface area contributed by atoms with Gasteiger partial charge in [0, 0.05) is 28.0 Å². The Balaban J connectivity index is 1.93. The monoisotopic (exact) mass is 379 g/mol. The minimum atomic E-state index is -0.278. The molecule has 0 fully saturated rings. The molecule has 4 nitrogen and oxygen atoms in total. The fourth-order valence-electron chi connectivity index (χ4n) is 2.21. The summed E-state index contributed by atoms with van der Waals surface area (Å²) in [7, 11) is 0. The molecule has 0 atom stereocenters. The highest BCUT2D eigenvalue weighted by atomic mass is 79.9. The van der Waals surface area contributed by atoms with E-state index in [4.69, 9.17) is 0 Å². The van der Waals surface area contributed by atoms with Gasteiger partial charge in [-0.2, -0.15) is 5.10 Å². The number of hydrazone groups is 1. The highest BCUT2D eigenvalue weighted by Gasteiger charge is 2.11. The number of carbonyl (C=O) groups excluding carboxylic acids is 1. The zero-order valence-corrected chi connectivity index (χ0v) is 14.3. The molecule has 0 saturated heterocycles. The maximum Gasteiger partial charge on any atom is 0.272 e. The molecular weight excluding hydrogens is 366 g/mol. The molecule has 0 spiro atoms. The molecule has 1 aromatic heterocycles. The Morgan fingerprint density at radius 3 is 2.33 bits per heavy atom. The van der Waals surface area contributed by atoms with Crippen molar-refractivity contribution in [3.05, 3.63) is 100 Å². The number of nitrogens with one attached hydrogen (secondary N) is 1. The normalized spacial score (nSPS) is 11.1. The second kappa shape index (κ2) is 7.66. The number of carbonyl (C=O) groups is 1. The van der Waals surface area contributed by atoms with Crippen molar-refractivity contribution in [2.24, 2.45) is 5.10 Å². The van der Waals surface area contributed by atoms with Crippen molar-refractivity contribution in [2.45, 2.75) is 0 Å². The van der Waals surface area contributed by atoms with E-state index >= 15 is 0 Å². The summed E-state index contributed by atoms with van der Waals surface area (Å²) in [5.41, 5.74) is 5.54. The van der Waals surface area contributed by atoms with Crippen molar-refractivity contribution in [3.8, 4) is 0 Å². The standard InChI is InChI=1S/C19H14BrN3O/c20-17-11-5-4-10-16(17)19(24)23-22-18(14-7-2-1-3-8-14)15-9-6-12-21-13-15/h1-13H,(H,23,24). The first kappa shape index (κ1) is 16.1. The molecule has 2 aromatic carbocycles. The van der Waals surface area contributed by atoms with E-state index in [1.165, 1.54) is 0 Å². The van der Waals surface area contributed by atoms with Crippen molar-refractivity contribution in [3.63, 3.8) is 0 Å². The first-order valence-corrected chi connectivity index (χ1v) is 8.13. The molecule has 3 rings (SSSR count). The average Bonchev–Trinajstić information content (AvgIpc) is 2.64. The van der Waals surface area contributed by atoms with Gasteiger partial charge in [0.2, 0.25) is 0 Å². The van der Waals surface area contributed by atoms with Gasteiger partial charge < -0.3 is 0 Å². The zero-order chi connectivity index (χ0) is 16.8. The maximum atomic E-state index is 12.4. The summed E-state index contributed by atoms with van der Waals surface area (Å²) in [5, 5.41) is 4.34. The summed E-state index contributed by atoms with van der Waals surface area (Å²) >= 11 is 3.37. The van der Waals surface area contributed by atoms with Crippen LogP contribution in [0.5, 0.6) is 0 Å². The minimum Gasteiger partial charge on any atom is -0.267 e. The van der Waals surface area contributed by atoms with E-state index in [0.717, 1.165) is 15.6 Å². The van der Waals surface area contributed by atoms with Crippen molar-refractivity contribution >= 4 is 27.5 Å². The number of rotatable bonds is 4. The number of pyridine rings is 1. The van der Waals surface area contributed by atoms with Crippen LogP contribution in [-0.2, 0) is 0 Å². The van der Waals surface area contributed by atoms with Crippen molar-refractivity contribution in [1.82, 2.24) is 10.4 Å². The lowest BCUT2D eigenvalue weighted by atomic mass is 10.0. The van der Waals surface area contributed by atoms with Gasteiger partial charge in [-0.25, -0.2) is 5.43 Å². The maximum absolute atomic E-state index is 12.4. The van der Waals surface area contributed by atoms with Gasteiger partial charge in [0.1, 0.15) is 0 Å². The summed E-state index contributed by atoms with van der Waals surface area (Å²) in [6, 6.07) is 20.6. The van der Waals surface area contributed by atoms with Gasteiger partial charge in [0.05, 0.1) is 11.3 Å². The molecule has 118 valence electrons. The van der Waals surface area contributed by atoms with E-state index < -0.39 is 0 Å². The Bertz CT molecular complexity index is 823. The van der Waals surface area contributed by atoms with Crippen molar-refractivity contribution in [1.29, 1.82) is 0 Å². The molecule has 5 heteroatoms. The van der Waals surface area contributed by atoms with Crippen LogP contribution in [0.1, 0.15) is 21.5 Å². The number of hydrogen-bond donors (Lipinski definition) is 1. The zero-order valence-electron chi connectivity index (χ0n) is 12.7. The Labute approximate surface area is 148 Å². The Hall–Kier alpha value is -2.79. The lowest BCUT2D eigenvalue weighted by molar-refractivity contribution is 0.0954. The Morgan fingerprint density at radius 1 is 0.917 bits per heavy atom. The van der Waals surface area contributed by atoms with Gasteiger partial charge in [-0.05, 0) is 40.2 Å². The van der Waals surface area contributed by atoms with Crippen LogP contribution in [-0.4, -0.2) is 16.6 Å². The molecule has 1 heterocycles. The van der Waals surface area contributed by atoms with E-state index in [-0.39, 0.29) is 5.91 Å². The first-order valence-electron chi connectivity index (χ1n) is 7.34. The third kappa shape index (κ3) is 3.75. The fourth-order valence-corrected chi connectivity index (χ4v) is 2.67. The molecule has 1 amide bonds. The first-order chi connectivity index (χ1) is 11.8. The van der Waals surface area contributed by atoms with E-state index in [0.29, 0.717) is 11.3 Å². The summed E-state index contributed by atoms with van der Waals surface area (Å²) in [4.78, 5) is 16.5. The molecule has 1 N–H and O–H groups in total. The lowest BCUT2D eigenvalue weighted by Crippen LogP contribution is -2.21. The number of nitrogens with zero attached hydrogens (tertiary/aromatic N) is 2. The summed E-state index contributed by atoms with van der Waals surface area (Å²) in [6.07, 6.45) is 3.42. The van der Waals surface area contributed by atoms with Crippen LogP contribution in [0.25, 0.3) is 0 Å². The molecule has 0 aliphatic rings. The summed E-state index contributed by atoms with van der Waals surface area (Å²) in [6.45, 7) is 0. The van der Waals surface area contributed by atoms with Gasteiger partial charge in [-0.15, -0.1) is 0 Å². The molecule has 24 heavy (non-hydrogen) atoms. The Morgan fingerprint density at radius 2 is 1.62 bits per heavy atom. The number of halogens is 1. The number of hydrogen-bond acceptors (Lipinski definition) is 3. The Kier molecular flexibility index (Phi) is 5.13. The average molecular weight is 380 g/mol. The second-order valence-electron chi connectivity index (χ2n) is 4.99. The molecule has 0 radical (unpaired) electrons. The molecule has 0 aliphatic heterocycles. The van der Waals surface area contributed by atoms with Gasteiger partial charge in [-0.3, -0.25) is 9.78 Å². The van der Waals surface area contributed by atoms with Crippen LogP contribution in [0, 0.1) is 0 Å². The predicted octanol–water partition coefficient (Wildman–Crippen LogP) is 4.03. The van der Waals surface area contributed by atoms with Crippen LogP contribution >= 0.6 is 15.9 Å². The molecule has 0 saturated carbocycles. The molecule has 0 unspecified atom stereocenters. The summed E-state index contributed by atoms with van der Waals surface area (Å²) in [5.74, 6) is -0.278. The van der Waals surface area contributed by atoms with Gasteiger partial charge in [0.15, 0.2) is 0 Å². The fraction of sp³-hybridized carbons (Fsp3) is 0. The predicted molar refractivity (Wildman–Crippen MR) is 97.9 cm³/mol. The minimum absolute atomic E-state index is 0.278. The van der Waals surface area contributed by atoms with Crippen molar-refractivity contribution in [2.75, 3.05) is 0 Å². The highest BCUT2D eigenvalue weighted by molar-refractivity contribution is 9.10.